The van der Waals surface area contributed by atoms with Crippen molar-refractivity contribution in [3.8, 4) is 0 Å². The number of nitro groups is 1. The zero-order valence-electron chi connectivity index (χ0n) is 16.2. The highest BCUT2D eigenvalue weighted by Crippen LogP contribution is 2.26. The van der Waals surface area contributed by atoms with Gasteiger partial charge in [-0.05, 0) is 25.1 Å². The highest BCUT2D eigenvalue weighted by molar-refractivity contribution is 7.89. The van der Waals surface area contributed by atoms with E-state index in [-0.39, 0.29) is 27.2 Å². The summed E-state index contributed by atoms with van der Waals surface area (Å²) in [6.45, 7) is 3.24. The van der Waals surface area contributed by atoms with E-state index in [1.54, 1.807) is 37.3 Å². The third-order valence-corrected chi connectivity index (χ3v) is 7.41. The zero-order chi connectivity index (χ0) is 21.9. The number of nitrogens with zero attached hydrogens (tertiary/aromatic N) is 2. The Morgan fingerprint density at radius 3 is 2.43 bits per heavy atom. The van der Waals surface area contributed by atoms with Gasteiger partial charge >= 0.3 is 0 Å². The molecule has 30 heavy (non-hydrogen) atoms. The van der Waals surface area contributed by atoms with E-state index in [0.717, 1.165) is 4.90 Å². The quantitative estimate of drug-likeness (QED) is 0.503. The summed E-state index contributed by atoms with van der Waals surface area (Å²) in [5.74, 6) is -0.341. The molecule has 0 aromatic heterocycles. The van der Waals surface area contributed by atoms with E-state index in [9.17, 15) is 23.3 Å². The molecule has 0 bridgehead atoms. The van der Waals surface area contributed by atoms with Gasteiger partial charge < -0.3 is 10.2 Å². The van der Waals surface area contributed by atoms with Gasteiger partial charge in [0.1, 0.15) is 0 Å². The molecule has 2 N–H and O–H groups in total. The number of nitro benzene ring substituents is 1. The number of non-ortho nitro benzene ring substituents is 1. The van der Waals surface area contributed by atoms with Crippen molar-refractivity contribution in [3.63, 3.8) is 0 Å². The van der Waals surface area contributed by atoms with Gasteiger partial charge in [0.25, 0.3) is 11.6 Å². The molecular formula is C19H22ClN4O5S+. The highest BCUT2D eigenvalue weighted by Gasteiger charge is 2.34. The first-order valence-corrected chi connectivity index (χ1v) is 11.2. The average Bonchev–Trinajstić information content (AvgIpc) is 2.75. The second-order valence-electron chi connectivity index (χ2n) is 7.01. The standard InChI is InChI=1S/C19H21ClN4O5S/c1-14(19(25)21-18-13-15(24(26)27)7-8-17(18)20)22-9-11-23(12-10-22)30(28,29)16-5-3-2-4-6-16/h2-8,13-14H,9-12H2,1H3,(H,21,25)/p+1/t14-/m1/s1. The second-order valence-corrected chi connectivity index (χ2v) is 9.35. The van der Waals surface area contributed by atoms with Crippen LogP contribution >= 0.6 is 11.6 Å². The van der Waals surface area contributed by atoms with Gasteiger partial charge in [-0.1, -0.05) is 29.8 Å². The molecule has 3 rings (SSSR count). The van der Waals surface area contributed by atoms with E-state index in [1.165, 1.54) is 22.5 Å². The van der Waals surface area contributed by atoms with Crippen LogP contribution in [-0.4, -0.2) is 55.8 Å². The van der Waals surface area contributed by atoms with Gasteiger partial charge in [-0.3, -0.25) is 14.9 Å². The number of benzene rings is 2. The van der Waals surface area contributed by atoms with E-state index in [4.69, 9.17) is 11.6 Å². The Hall–Kier alpha value is -2.53. The minimum absolute atomic E-state index is 0.172. The van der Waals surface area contributed by atoms with Crippen LogP contribution in [0.25, 0.3) is 0 Å². The Bertz CT molecular complexity index is 1040. The van der Waals surface area contributed by atoms with Crippen molar-refractivity contribution in [1.82, 2.24) is 4.31 Å². The Morgan fingerprint density at radius 2 is 1.83 bits per heavy atom. The number of amides is 1. The lowest BCUT2D eigenvalue weighted by Gasteiger charge is -2.34. The third-order valence-electron chi connectivity index (χ3n) is 5.17. The molecule has 1 aliphatic heterocycles. The molecule has 1 fully saturated rings. The van der Waals surface area contributed by atoms with Crippen molar-refractivity contribution in [3.05, 3.63) is 63.7 Å². The fourth-order valence-corrected chi connectivity index (χ4v) is 4.96. The number of piperazine rings is 1. The van der Waals surface area contributed by atoms with Gasteiger partial charge in [0.15, 0.2) is 6.04 Å². The van der Waals surface area contributed by atoms with Crippen LogP contribution in [0, 0.1) is 10.1 Å². The smallest absolute Gasteiger partial charge is 0.282 e. The van der Waals surface area contributed by atoms with E-state index < -0.39 is 21.0 Å². The van der Waals surface area contributed by atoms with Gasteiger partial charge in [-0.15, -0.1) is 0 Å². The summed E-state index contributed by atoms with van der Waals surface area (Å²) in [7, 11) is -3.56. The predicted molar refractivity (Wildman–Crippen MR) is 112 cm³/mol. The number of anilines is 1. The maximum atomic E-state index is 12.7. The summed E-state index contributed by atoms with van der Waals surface area (Å²) in [6, 6.07) is 11.6. The largest absolute Gasteiger partial charge is 0.323 e. The first kappa shape index (κ1) is 22.2. The molecule has 9 nitrogen and oxygen atoms in total. The molecule has 1 heterocycles. The van der Waals surface area contributed by atoms with Crippen molar-refractivity contribution in [2.24, 2.45) is 0 Å². The number of halogens is 1. The molecule has 1 amide bonds. The van der Waals surface area contributed by atoms with E-state index in [0.29, 0.717) is 26.2 Å². The molecule has 0 saturated carbocycles. The second kappa shape index (κ2) is 9.09. The maximum absolute atomic E-state index is 12.7. The Labute approximate surface area is 179 Å². The van der Waals surface area contributed by atoms with Crippen molar-refractivity contribution in [1.29, 1.82) is 0 Å². The van der Waals surface area contributed by atoms with Crippen molar-refractivity contribution < 1.29 is 23.0 Å². The molecule has 1 atom stereocenters. The van der Waals surface area contributed by atoms with Crippen molar-refractivity contribution in [2.45, 2.75) is 17.9 Å². The number of hydrogen-bond donors (Lipinski definition) is 2. The Kier molecular flexibility index (Phi) is 6.71. The number of rotatable bonds is 6. The summed E-state index contributed by atoms with van der Waals surface area (Å²) in [6.07, 6.45) is 0. The van der Waals surface area contributed by atoms with Crippen LogP contribution in [0.4, 0.5) is 11.4 Å². The number of carbonyl (C=O) groups is 1. The summed E-state index contributed by atoms with van der Waals surface area (Å²) < 4.78 is 26.9. The number of carbonyl (C=O) groups excluding carboxylic acids is 1. The number of hydrogen-bond acceptors (Lipinski definition) is 5. The van der Waals surface area contributed by atoms with Gasteiger partial charge in [0.2, 0.25) is 10.0 Å². The molecule has 1 aliphatic rings. The van der Waals surface area contributed by atoms with Crippen LogP contribution in [-0.2, 0) is 14.8 Å². The fraction of sp³-hybridized carbons (Fsp3) is 0.316. The maximum Gasteiger partial charge on any atom is 0.282 e. The lowest BCUT2D eigenvalue weighted by molar-refractivity contribution is -0.917. The molecular weight excluding hydrogens is 432 g/mol. The molecule has 1 saturated heterocycles. The van der Waals surface area contributed by atoms with Crippen LogP contribution in [0.15, 0.2) is 53.4 Å². The lowest BCUT2D eigenvalue weighted by Crippen LogP contribution is -3.19. The normalized spacial score (nSPS) is 16.7. The molecule has 0 spiro atoms. The first-order valence-electron chi connectivity index (χ1n) is 9.34. The van der Waals surface area contributed by atoms with Gasteiger partial charge in [-0.25, -0.2) is 8.42 Å². The van der Waals surface area contributed by atoms with Gasteiger partial charge in [0.05, 0.1) is 46.7 Å². The van der Waals surface area contributed by atoms with Crippen molar-refractivity contribution >= 4 is 38.9 Å². The minimum Gasteiger partial charge on any atom is -0.323 e. The van der Waals surface area contributed by atoms with Gasteiger partial charge in [-0.2, -0.15) is 4.31 Å². The Balaban J connectivity index is 1.63. The van der Waals surface area contributed by atoms with Crippen molar-refractivity contribution in [2.75, 3.05) is 31.5 Å². The summed E-state index contributed by atoms with van der Waals surface area (Å²) in [5.41, 5.74) is 0.00170. The molecule has 0 unspecified atom stereocenters. The summed E-state index contributed by atoms with van der Waals surface area (Å²) in [4.78, 5) is 24.2. The molecule has 2 aromatic rings. The lowest BCUT2D eigenvalue weighted by atomic mass is 10.2. The number of sulfonamides is 1. The highest BCUT2D eigenvalue weighted by atomic mass is 35.5. The molecule has 2 aromatic carbocycles. The summed E-state index contributed by atoms with van der Waals surface area (Å²) in [5, 5.41) is 13.8. The van der Waals surface area contributed by atoms with E-state index >= 15 is 0 Å². The van der Waals surface area contributed by atoms with E-state index in [2.05, 4.69) is 5.32 Å². The van der Waals surface area contributed by atoms with Crippen LogP contribution in [0.1, 0.15) is 6.92 Å². The minimum atomic E-state index is -3.56. The van der Waals surface area contributed by atoms with Crippen LogP contribution in [0.2, 0.25) is 5.02 Å². The SMILES string of the molecule is C[C@H](C(=O)Nc1cc([N+](=O)[O-])ccc1Cl)[NH+]1CCN(S(=O)(=O)c2ccccc2)CC1. The molecule has 0 aliphatic carbocycles. The van der Waals surface area contributed by atoms with Gasteiger partial charge in [0, 0.05) is 12.1 Å². The molecule has 0 radical (unpaired) electrons. The number of quaternary nitrogens is 1. The first-order chi connectivity index (χ1) is 14.2. The summed E-state index contributed by atoms with van der Waals surface area (Å²) >= 11 is 6.05. The monoisotopic (exact) mass is 453 g/mol. The predicted octanol–water partition coefficient (Wildman–Crippen LogP) is 1.16. The fourth-order valence-electron chi connectivity index (χ4n) is 3.34. The molecule has 160 valence electrons. The number of nitrogens with one attached hydrogen (secondary N) is 2. The Morgan fingerprint density at radius 1 is 1.20 bits per heavy atom. The molecule has 11 heteroatoms. The topological polar surface area (TPSA) is 114 Å². The van der Waals surface area contributed by atoms with Crippen LogP contribution in [0.5, 0.6) is 0 Å². The third kappa shape index (κ3) is 4.78. The average molecular weight is 454 g/mol. The van der Waals surface area contributed by atoms with E-state index in [1.807, 2.05) is 0 Å². The van der Waals surface area contributed by atoms with Crippen LogP contribution in [0.3, 0.4) is 0 Å². The zero-order valence-corrected chi connectivity index (χ0v) is 17.8. The van der Waals surface area contributed by atoms with Crippen LogP contribution < -0.4 is 10.2 Å².